The average Bonchev–Trinajstić information content (AvgIpc) is 3.10. The van der Waals surface area contributed by atoms with Crippen molar-refractivity contribution in [3.8, 4) is 0 Å². The van der Waals surface area contributed by atoms with Crippen LogP contribution in [0.2, 0.25) is 0 Å². The van der Waals surface area contributed by atoms with Crippen LogP contribution in [0.1, 0.15) is 53.4 Å². The number of nitrogens with one attached hydrogen (secondary N) is 1. The minimum Gasteiger partial charge on any atom is -0.315 e. The molecule has 1 aliphatic carbocycles. The monoisotopic (exact) mass is 226 g/mol. The molecule has 1 rings (SSSR count). The van der Waals surface area contributed by atoms with Crippen LogP contribution in [-0.4, -0.2) is 36.6 Å². The maximum atomic E-state index is 3.57. The molecule has 2 unspecified atom stereocenters. The summed E-state index contributed by atoms with van der Waals surface area (Å²) in [5.41, 5.74) is 0.320. The first-order valence-corrected chi connectivity index (χ1v) is 7.04. The van der Waals surface area contributed by atoms with Crippen molar-refractivity contribution in [2.75, 3.05) is 20.1 Å². The van der Waals surface area contributed by atoms with Crippen LogP contribution in [0.15, 0.2) is 0 Å². The predicted octanol–water partition coefficient (Wildman–Crippen LogP) is 2.89. The van der Waals surface area contributed by atoms with Gasteiger partial charge in [0.25, 0.3) is 0 Å². The van der Waals surface area contributed by atoms with E-state index in [0.29, 0.717) is 11.6 Å². The highest BCUT2D eigenvalue weighted by molar-refractivity contribution is 4.97. The zero-order valence-corrected chi connectivity index (χ0v) is 11.8. The molecular weight excluding hydrogens is 196 g/mol. The van der Waals surface area contributed by atoms with Crippen LogP contribution in [0.25, 0.3) is 0 Å². The number of hydrogen-bond acceptors (Lipinski definition) is 2. The van der Waals surface area contributed by atoms with E-state index in [4.69, 9.17) is 0 Å². The Balaban J connectivity index is 2.71. The minimum absolute atomic E-state index is 0.320. The molecular formula is C14H30N2. The molecule has 2 atom stereocenters. The standard InChI is InChI=1S/C14H30N2/c1-6-14(4,16(7-2)8-3)13(15-5)11-12-9-10-12/h12-13,15H,6-11H2,1-5H3. The van der Waals surface area contributed by atoms with Gasteiger partial charge in [0, 0.05) is 11.6 Å². The van der Waals surface area contributed by atoms with Gasteiger partial charge in [0.15, 0.2) is 0 Å². The van der Waals surface area contributed by atoms with Gasteiger partial charge in [-0.15, -0.1) is 0 Å². The topological polar surface area (TPSA) is 15.3 Å². The maximum absolute atomic E-state index is 3.57. The zero-order chi connectivity index (χ0) is 12.2. The van der Waals surface area contributed by atoms with Gasteiger partial charge >= 0.3 is 0 Å². The second-order valence-electron chi connectivity index (χ2n) is 5.40. The average molecular weight is 226 g/mol. The Kier molecular flexibility index (Phi) is 5.26. The van der Waals surface area contributed by atoms with Gasteiger partial charge in [-0.25, -0.2) is 0 Å². The van der Waals surface area contributed by atoms with Gasteiger partial charge < -0.3 is 5.32 Å². The van der Waals surface area contributed by atoms with Gasteiger partial charge in [-0.2, -0.15) is 0 Å². The van der Waals surface area contributed by atoms with Crippen molar-refractivity contribution < 1.29 is 0 Å². The number of nitrogens with zero attached hydrogens (tertiary/aromatic N) is 1. The molecule has 2 nitrogen and oxygen atoms in total. The molecule has 1 N–H and O–H groups in total. The molecule has 0 aliphatic heterocycles. The molecule has 96 valence electrons. The molecule has 1 saturated carbocycles. The van der Waals surface area contributed by atoms with Crippen LogP contribution in [0.5, 0.6) is 0 Å². The second-order valence-corrected chi connectivity index (χ2v) is 5.40. The van der Waals surface area contributed by atoms with E-state index in [1.807, 2.05) is 0 Å². The number of hydrogen-bond donors (Lipinski definition) is 1. The van der Waals surface area contributed by atoms with Gasteiger partial charge in [0.05, 0.1) is 0 Å². The third kappa shape index (κ3) is 2.98. The van der Waals surface area contributed by atoms with Crippen LogP contribution < -0.4 is 5.32 Å². The summed E-state index contributed by atoms with van der Waals surface area (Å²) in [6.45, 7) is 11.6. The summed E-state index contributed by atoms with van der Waals surface area (Å²) < 4.78 is 0. The fourth-order valence-electron chi connectivity index (χ4n) is 3.01. The van der Waals surface area contributed by atoms with E-state index >= 15 is 0 Å². The fraction of sp³-hybridized carbons (Fsp3) is 1.00. The minimum atomic E-state index is 0.320. The smallest absolute Gasteiger partial charge is 0.0331 e. The normalized spacial score (nSPS) is 22.1. The Bertz CT molecular complexity index is 197. The van der Waals surface area contributed by atoms with Crippen molar-refractivity contribution in [3.63, 3.8) is 0 Å². The summed E-state index contributed by atoms with van der Waals surface area (Å²) in [7, 11) is 2.13. The highest BCUT2D eigenvalue weighted by Gasteiger charge is 2.39. The lowest BCUT2D eigenvalue weighted by atomic mass is 9.84. The Hall–Kier alpha value is -0.0800. The van der Waals surface area contributed by atoms with E-state index in [1.54, 1.807) is 0 Å². The fourth-order valence-corrected chi connectivity index (χ4v) is 3.01. The molecule has 1 aliphatic rings. The number of likely N-dealkylation sites (N-methyl/N-ethyl adjacent to an activating group) is 2. The summed E-state index contributed by atoms with van der Waals surface area (Å²) in [6, 6.07) is 0.643. The summed E-state index contributed by atoms with van der Waals surface area (Å²) in [5.74, 6) is 0.999. The van der Waals surface area contributed by atoms with Gasteiger partial charge in [0.2, 0.25) is 0 Å². The van der Waals surface area contributed by atoms with Crippen molar-refractivity contribution in [1.29, 1.82) is 0 Å². The van der Waals surface area contributed by atoms with Crippen molar-refractivity contribution in [1.82, 2.24) is 10.2 Å². The highest BCUT2D eigenvalue weighted by atomic mass is 15.2. The van der Waals surface area contributed by atoms with E-state index < -0.39 is 0 Å². The van der Waals surface area contributed by atoms with E-state index in [2.05, 4.69) is 45.0 Å². The highest BCUT2D eigenvalue weighted by Crippen LogP contribution is 2.37. The van der Waals surface area contributed by atoms with Crippen molar-refractivity contribution in [2.45, 2.75) is 65.0 Å². The van der Waals surface area contributed by atoms with Crippen molar-refractivity contribution >= 4 is 0 Å². The molecule has 0 aromatic heterocycles. The first kappa shape index (κ1) is 14.0. The molecule has 0 bridgehead atoms. The maximum Gasteiger partial charge on any atom is 0.0331 e. The number of rotatable bonds is 8. The lowest BCUT2D eigenvalue weighted by Gasteiger charge is -2.46. The first-order chi connectivity index (χ1) is 7.62. The van der Waals surface area contributed by atoms with Crippen molar-refractivity contribution in [2.24, 2.45) is 5.92 Å². The molecule has 1 fully saturated rings. The second kappa shape index (κ2) is 6.02. The van der Waals surface area contributed by atoms with Crippen molar-refractivity contribution in [3.05, 3.63) is 0 Å². The molecule has 0 radical (unpaired) electrons. The van der Waals surface area contributed by atoms with E-state index in [9.17, 15) is 0 Å². The van der Waals surface area contributed by atoms with Gasteiger partial charge in [-0.3, -0.25) is 4.90 Å². The third-order valence-corrected chi connectivity index (χ3v) is 4.57. The zero-order valence-electron chi connectivity index (χ0n) is 11.8. The van der Waals surface area contributed by atoms with E-state index in [0.717, 1.165) is 19.0 Å². The lowest BCUT2D eigenvalue weighted by Crippen LogP contribution is -2.58. The summed E-state index contributed by atoms with van der Waals surface area (Å²) in [4.78, 5) is 2.62. The Morgan fingerprint density at radius 3 is 2.12 bits per heavy atom. The molecule has 0 saturated heterocycles. The molecule has 2 heteroatoms. The molecule has 0 aromatic rings. The van der Waals surface area contributed by atoms with Crippen LogP contribution in [0.4, 0.5) is 0 Å². The van der Waals surface area contributed by atoms with E-state index in [1.165, 1.54) is 25.7 Å². The molecule has 0 amide bonds. The van der Waals surface area contributed by atoms with Crippen LogP contribution in [0.3, 0.4) is 0 Å². The first-order valence-electron chi connectivity index (χ1n) is 7.04. The van der Waals surface area contributed by atoms with Gasteiger partial charge in [-0.1, -0.05) is 33.6 Å². The lowest BCUT2D eigenvalue weighted by molar-refractivity contribution is 0.0675. The van der Waals surface area contributed by atoms with E-state index in [-0.39, 0.29) is 0 Å². The SMILES string of the molecule is CCN(CC)C(C)(CC)C(CC1CC1)NC. The summed E-state index contributed by atoms with van der Waals surface area (Å²) in [5, 5.41) is 3.57. The Labute approximate surface area is 102 Å². The summed E-state index contributed by atoms with van der Waals surface area (Å²) in [6.07, 6.45) is 5.50. The molecule has 0 spiro atoms. The molecule has 16 heavy (non-hydrogen) atoms. The van der Waals surface area contributed by atoms with Crippen LogP contribution in [0, 0.1) is 5.92 Å². The van der Waals surface area contributed by atoms with Gasteiger partial charge in [-0.05, 0) is 45.8 Å². The Morgan fingerprint density at radius 1 is 1.25 bits per heavy atom. The summed E-state index contributed by atoms with van der Waals surface area (Å²) >= 11 is 0. The molecule has 0 heterocycles. The third-order valence-electron chi connectivity index (χ3n) is 4.57. The quantitative estimate of drug-likeness (QED) is 0.684. The molecule has 0 aromatic carbocycles. The predicted molar refractivity (Wildman–Crippen MR) is 71.8 cm³/mol. The Morgan fingerprint density at radius 2 is 1.81 bits per heavy atom. The van der Waals surface area contributed by atoms with Crippen LogP contribution >= 0.6 is 0 Å². The van der Waals surface area contributed by atoms with Crippen LogP contribution in [-0.2, 0) is 0 Å². The largest absolute Gasteiger partial charge is 0.315 e. The van der Waals surface area contributed by atoms with Gasteiger partial charge in [0.1, 0.15) is 0 Å².